The van der Waals surface area contributed by atoms with E-state index in [-0.39, 0.29) is 0 Å². The van der Waals surface area contributed by atoms with Crippen molar-refractivity contribution in [3.63, 3.8) is 0 Å². The number of aromatic nitrogens is 1. The van der Waals surface area contributed by atoms with Gasteiger partial charge in [-0.2, -0.15) is 4.57 Å². The van der Waals surface area contributed by atoms with Crippen LogP contribution < -0.4 is 9.30 Å². The van der Waals surface area contributed by atoms with Crippen molar-refractivity contribution in [1.29, 1.82) is 0 Å². The molecule has 0 amide bonds. The van der Waals surface area contributed by atoms with Crippen LogP contribution in [0.4, 0.5) is 0 Å². The van der Waals surface area contributed by atoms with Crippen LogP contribution in [0.1, 0.15) is 12.8 Å². The van der Waals surface area contributed by atoms with Crippen molar-refractivity contribution in [3.8, 4) is 17.2 Å². The zero-order chi connectivity index (χ0) is 15.9. The summed E-state index contributed by atoms with van der Waals surface area (Å²) < 4.78 is 14.7. The highest BCUT2D eigenvalue weighted by atomic mass is 16.5. The molecule has 3 aromatic carbocycles. The summed E-state index contributed by atoms with van der Waals surface area (Å²) in [6.07, 6.45) is 2.11. The van der Waals surface area contributed by atoms with Gasteiger partial charge in [0.25, 0.3) is 5.52 Å². The number of benzene rings is 3. The molecule has 0 unspecified atom stereocenters. The van der Waals surface area contributed by atoms with Crippen LogP contribution in [0.3, 0.4) is 0 Å². The van der Waals surface area contributed by atoms with E-state index in [1.54, 1.807) is 0 Å². The molecule has 3 heteroatoms. The van der Waals surface area contributed by atoms with E-state index in [2.05, 4.69) is 53.1 Å². The van der Waals surface area contributed by atoms with Gasteiger partial charge in [0.1, 0.15) is 11.3 Å². The Labute approximate surface area is 140 Å². The number of oxazole rings is 1. The van der Waals surface area contributed by atoms with E-state index in [1.807, 2.05) is 12.1 Å². The van der Waals surface area contributed by atoms with Crippen molar-refractivity contribution in [1.82, 2.24) is 0 Å². The minimum atomic E-state index is 0.740. The molecule has 2 heterocycles. The summed E-state index contributed by atoms with van der Waals surface area (Å²) in [4.78, 5) is 0. The lowest BCUT2D eigenvalue weighted by molar-refractivity contribution is -0.664. The third-order valence-electron chi connectivity index (χ3n) is 4.74. The average molecular weight is 316 g/mol. The molecule has 0 saturated carbocycles. The standard InChI is InChI=1S/C21H18NO2/c1-2-8-16-15(7-1)11-12-17-20(16)23-14-6-5-13-22-18-9-3-4-10-19(18)24-21(17)22/h1-4,7-12H,5-6,13-14H2/q+1. The second kappa shape index (κ2) is 5.38. The largest absolute Gasteiger partial charge is 0.492 e. The number of rotatable bonds is 0. The molecule has 118 valence electrons. The van der Waals surface area contributed by atoms with E-state index in [1.165, 1.54) is 5.39 Å². The molecule has 1 aliphatic rings. The second-order valence-electron chi connectivity index (χ2n) is 6.25. The predicted octanol–water partition coefficient (Wildman–Crippen LogP) is 4.71. The van der Waals surface area contributed by atoms with E-state index in [0.717, 1.165) is 59.7 Å². The van der Waals surface area contributed by atoms with Crippen molar-refractivity contribution in [3.05, 3.63) is 60.7 Å². The molecular weight excluding hydrogens is 298 g/mol. The lowest BCUT2D eigenvalue weighted by Gasteiger charge is -2.10. The van der Waals surface area contributed by atoms with Crippen LogP contribution in [-0.4, -0.2) is 6.61 Å². The normalized spacial score (nSPS) is 14.3. The van der Waals surface area contributed by atoms with Gasteiger partial charge >= 0.3 is 5.89 Å². The van der Waals surface area contributed by atoms with Crippen LogP contribution in [0.5, 0.6) is 5.75 Å². The Balaban J connectivity index is 1.86. The van der Waals surface area contributed by atoms with Gasteiger partial charge in [0.2, 0.25) is 5.58 Å². The average Bonchev–Trinajstić information content (AvgIpc) is 3.02. The van der Waals surface area contributed by atoms with Crippen molar-refractivity contribution >= 4 is 21.9 Å². The molecule has 0 radical (unpaired) electrons. The minimum absolute atomic E-state index is 0.740. The molecule has 0 N–H and O–H groups in total. The van der Waals surface area contributed by atoms with Gasteiger partial charge in [-0.15, -0.1) is 0 Å². The maximum atomic E-state index is 6.24. The van der Waals surface area contributed by atoms with Gasteiger partial charge in [-0.1, -0.05) is 42.5 Å². The Morgan fingerprint density at radius 2 is 1.71 bits per heavy atom. The highest BCUT2D eigenvalue weighted by Gasteiger charge is 2.28. The van der Waals surface area contributed by atoms with Crippen LogP contribution in [-0.2, 0) is 6.54 Å². The van der Waals surface area contributed by atoms with E-state index in [9.17, 15) is 0 Å². The molecular formula is C21H18NO2+. The first-order chi connectivity index (χ1) is 11.9. The van der Waals surface area contributed by atoms with Gasteiger partial charge < -0.3 is 9.15 Å². The molecule has 0 fully saturated rings. The van der Waals surface area contributed by atoms with E-state index in [4.69, 9.17) is 9.15 Å². The predicted molar refractivity (Wildman–Crippen MR) is 94.1 cm³/mol. The number of hydrogen-bond acceptors (Lipinski definition) is 2. The quantitative estimate of drug-likeness (QED) is 0.439. The van der Waals surface area contributed by atoms with Gasteiger partial charge in [0.15, 0.2) is 6.54 Å². The molecule has 0 bridgehead atoms. The summed E-state index contributed by atoms with van der Waals surface area (Å²) in [5.74, 6) is 1.82. The Bertz CT molecular complexity index is 1050. The third kappa shape index (κ3) is 2.01. The van der Waals surface area contributed by atoms with E-state index >= 15 is 0 Å². The zero-order valence-electron chi connectivity index (χ0n) is 13.4. The zero-order valence-corrected chi connectivity index (χ0v) is 13.4. The van der Waals surface area contributed by atoms with Crippen molar-refractivity contribution in [2.45, 2.75) is 19.4 Å². The molecule has 5 rings (SSSR count). The first-order valence-electron chi connectivity index (χ1n) is 8.48. The summed E-state index contributed by atoms with van der Waals surface area (Å²) >= 11 is 0. The third-order valence-corrected chi connectivity index (χ3v) is 4.74. The summed E-state index contributed by atoms with van der Waals surface area (Å²) in [5, 5.41) is 2.34. The monoisotopic (exact) mass is 316 g/mol. The molecule has 0 aliphatic carbocycles. The molecule has 1 aromatic heterocycles. The Morgan fingerprint density at radius 1 is 0.833 bits per heavy atom. The molecule has 24 heavy (non-hydrogen) atoms. The first-order valence-corrected chi connectivity index (χ1v) is 8.48. The number of nitrogens with zero attached hydrogens (tertiary/aromatic N) is 1. The Kier molecular flexibility index (Phi) is 3.05. The number of para-hydroxylation sites is 2. The highest BCUT2D eigenvalue weighted by Crippen LogP contribution is 2.37. The fourth-order valence-corrected chi connectivity index (χ4v) is 3.57. The van der Waals surface area contributed by atoms with Crippen LogP contribution in [0.25, 0.3) is 33.3 Å². The van der Waals surface area contributed by atoms with E-state index < -0.39 is 0 Å². The fourth-order valence-electron chi connectivity index (χ4n) is 3.57. The Hall–Kier alpha value is -2.81. The van der Waals surface area contributed by atoms with Crippen molar-refractivity contribution in [2.75, 3.05) is 6.61 Å². The molecule has 0 saturated heterocycles. The lowest BCUT2D eigenvalue weighted by Crippen LogP contribution is -2.34. The van der Waals surface area contributed by atoms with Crippen molar-refractivity contribution < 1.29 is 13.7 Å². The number of aryl methyl sites for hydroxylation is 1. The minimum Gasteiger partial charge on any atom is -0.492 e. The molecule has 3 nitrogen and oxygen atoms in total. The Morgan fingerprint density at radius 3 is 2.71 bits per heavy atom. The molecule has 0 spiro atoms. The molecule has 1 aliphatic heterocycles. The van der Waals surface area contributed by atoms with Crippen LogP contribution in [0.15, 0.2) is 65.1 Å². The summed E-state index contributed by atoms with van der Waals surface area (Å²) in [6.45, 7) is 1.69. The lowest BCUT2D eigenvalue weighted by atomic mass is 10.0. The van der Waals surface area contributed by atoms with Gasteiger partial charge in [-0.05, 0) is 23.9 Å². The molecule has 4 aromatic rings. The number of ether oxygens (including phenoxy) is 1. The van der Waals surface area contributed by atoms with Gasteiger partial charge in [-0.25, -0.2) is 0 Å². The van der Waals surface area contributed by atoms with Gasteiger partial charge in [-0.3, -0.25) is 0 Å². The van der Waals surface area contributed by atoms with Crippen LogP contribution in [0.2, 0.25) is 0 Å². The SMILES string of the molecule is c1ccc2c3c(ccc2c1)-c1oc2ccccc2[n+]1CCCCO3. The van der Waals surface area contributed by atoms with Crippen molar-refractivity contribution in [2.24, 2.45) is 0 Å². The maximum absolute atomic E-state index is 6.24. The summed E-state index contributed by atoms with van der Waals surface area (Å²) in [6, 6.07) is 20.9. The fraction of sp³-hybridized carbons (Fsp3) is 0.190. The summed E-state index contributed by atoms with van der Waals surface area (Å²) in [7, 11) is 0. The smallest absolute Gasteiger partial charge is 0.385 e. The number of hydrogen-bond donors (Lipinski definition) is 0. The van der Waals surface area contributed by atoms with Crippen LogP contribution in [0, 0.1) is 0 Å². The first kappa shape index (κ1) is 13.6. The van der Waals surface area contributed by atoms with E-state index in [0.29, 0.717) is 0 Å². The van der Waals surface area contributed by atoms with Gasteiger partial charge in [0.05, 0.1) is 6.61 Å². The molecule has 0 atom stereocenters. The number of fused-ring (bicyclic) bond motifs is 7. The second-order valence-corrected chi connectivity index (χ2v) is 6.25. The van der Waals surface area contributed by atoms with Crippen LogP contribution >= 0.6 is 0 Å². The topological polar surface area (TPSA) is 26.2 Å². The maximum Gasteiger partial charge on any atom is 0.385 e. The highest BCUT2D eigenvalue weighted by molar-refractivity contribution is 5.94. The van der Waals surface area contributed by atoms with Gasteiger partial charge in [0, 0.05) is 17.9 Å². The summed E-state index contributed by atoms with van der Waals surface area (Å²) in [5.41, 5.74) is 3.10.